The summed E-state index contributed by atoms with van der Waals surface area (Å²) in [4.78, 5) is 12.4. The van der Waals surface area contributed by atoms with Crippen LogP contribution in [0.3, 0.4) is 0 Å². The Balaban J connectivity index is 2.50. The summed E-state index contributed by atoms with van der Waals surface area (Å²) >= 11 is 1.66. The molecule has 1 aliphatic heterocycles. The number of rotatable bonds is 3. The lowest BCUT2D eigenvalue weighted by Gasteiger charge is -2.25. The van der Waals surface area contributed by atoms with Crippen molar-refractivity contribution in [2.24, 2.45) is 5.73 Å². The molecule has 0 fully saturated rings. The smallest absolute Gasteiger partial charge is 0.328 e. The Bertz CT molecular complexity index is 464. The number of aliphatic carboxylic acids is 1. The van der Waals surface area contributed by atoms with Gasteiger partial charge >= 0.3 is 5.97 Å². The standard InChI is InChI=1S/C13H17NO3S/c1-2-17-9-4-5-11-10(8-9)13(14,12(15)16)6-3-7-18-11/h4-5,8H,2-3,6-7,14H2,1H3,(H,15,16). The summed E-state index contributed by atoms with van der Waals surface area (Å²) in [6.07, 6.45) is 1.25. The maximum Gasteiger partial charge on any atom is 0.328 e. The number of thioether (sulfide) groups is 1. The van der Waals surface area contributed by atoms with Crippen LogP contribution in [-0.2, 0) is 10.3 Å². The van der Waals surface area contributed by atoms with E-state index in [4.69, 9.17) is 10.5 Å². The van der Waals surface area contributed by atoms with E-state index in [-0.39, 0.29) is 0 Å². The van der Waals surface area contributed by atoms with E-state index < -0.39 is 11.5 Å². The normalized spacial score (nSPS) is 23.0. The maximum absolute atomic E-state index is 11.5. The number of carbonyl (C=O) groups is 1. The maximum atomic E-state index is 11.5. The number of hydrogen-bond donors (Lipinski definition) is 2. The van der Waals surface area contributed by atoms with E-state index in [1.165, 1.54) is 0 Å². The van der Waals surface area contributed by atoms with E-state index in [0.717, 1.165) is 17.1 Å². The molecule has 98 valence electrons. The highest BCUT2D eigenvalue weighted by Crippen LogP contribution is 2.39. The van der Waals surface area contributed by atoms with Crippen LogP contribution in [0.2, 0.25) is 0 Å². The van der Waals surface area contributed by atoms with E-state index in [0.29, 0.717) is 24.3 Å². The predicted molar refractivity (Wildman–Crippen MR) is 71.1 cm³/mol. The monoisotopic (exact) mass is 267 g/mol. The third-order valence-corrected chi connectivity index (χ3v) is 4.26. The molecule has 0 aromatic heterocycles. The summed E-state index contributed by atoms with van der Waals surface area (Å²) in [5.74, 6) is 0.599. The summed E-state index contributed by atoms with van der Waals surface area (Å²) in [5.41, 5.74) is 5.48. The number of benzene rings is 1. The Morgan fingerprint density at radius 1 is 1.61 bits per heavy atom. The lowest BCUT2D eigenvalue weighted by atomic mass is 9.86. The zero-order chi connectivity index (χ0) is 13.2. The Morgan fingerprint density at radius 2 is 2.39 bits per heavy atom. The van der Waals surface area contributed by atoms with Crippen LogP contribution in [0.1, 0.15) is 25.3 Å². The van der Waals surface area contributed by atoms with Crippen molar-refractivity contribution in [2.75, 3.05) is 12.4 Å². The molecule has 1 heterocycles. The van der Waals surface area contributed by atoms with Crippen LogP contribution in [0.25, 0.3) is 0 Å². The fraction of sp³-hybridized carbons (Fsp3) is 0.462. The van der Waals surface area contributed by atoms with Gasteiger partial charge in [-0.2, -0.15) is 0 Å². The molecular weight excluding hydrogens is 250 g/mol. The molecule has 0 saturated carbocycles. The van der Waals surface area contributed by atoms with Crippen molar-refractivity contribution < 1.29 is 14.6 Å². The number of nitrogens with two attached hydrogens (primary N) is 1. The molecule has 0 saturated heterocycles. The molecule has 0 aliphatic carbocycles. The largest absolute Gasteiger partial charge is 0.494 e. The zero-order valence-electron chi connectivity index (χ0n) is 10.3. The van der Waals surface area contributed by atoms with Crippen molar-refractivity contribution in [2.45, 2.75) is 30.2 Å². The zero-order valence-corrected chi connectivity index (χ0v) is 11.1. The van der Waals surface area contributed by atoms with Gasteiger partial charge in [0.05, 0.1) is 6.61 Å². The van der Waals surface area contributed by atoms with E-state index in [2.05, 4.69) is 0 Å². The fourth-order valence-electron chi connectivity index (χ4n) is 2.13. The van der Waals surface area contributed by atoms with Gasteiger partial charge in [-0.3, -0.25) is 0 Å². The van der Waals surface area contributed by atoms with Crippen molar-refractivity contribution in [3.63, 3.8) is 0 Å². The van der Waals surface area contributed by atoms with Gasteiger partial charge in [0.15, 0.2) is 0 Å². The quantitative estimate of drug-likeness (QED) is 0.878. The molecule has 18 heavy (non-hydrogen) atoms. The number of ether oxygens (including phenoxy) is 1. The molecule has 2 rings (SSSR count). The molecule has 1 aromatic rings. The van der Waals surface area contributed by atoms with Crippen molar-refractivity contribution >= 4 is 17.7 Å². The van der Waals surface area contributed by atoms with Gasteiger partial charge in [-0.05, 0) is 43.7 Å². The van der Waals surface area contributed by atoms with Crippen molar-refractivity contribution in [3.05, 3.63) is 23.8 Å². The highest BCUT2D eigenvalue weighted by Gasteiger charge is 2.39. The van der Waals surface area contributed by atoms with Crippen LogP contribution in [-0.4, -0.2) is 23.4 Å². The summed E-state index contributed by atoms with van der Waals surface area (Å²) in [6, 6.07) is 5.54. The van der Waals surface area contributed by atoms with Gasteiger partial charge < -0.3 is 15.6 Å². The van der Waals surface area contributed by atoms with Gasteiger partial charge in [-0.15, -0.1) is 11.8 Å². The molecule has 0 bridgehead atoms. The Hall–Kier alpha value is -1.20. The Morgan fingerprint density at radius 3 is 3.06 bits per heavy atom. The number of fused-ring (bicyclic) bond motifs is 1. The Kier molecular flexibility index (Phi) is 3.82. The molecule has 5 heteroatoms. The SMILES string of the molecule is CCOc1ccc2c(c1)C(N)(C(=O)O)CCCS2. The summed E-state index contributed by atoms with van der Waals surface area (Å²) in [5, 5.41) is 9.41. The predicted octanol–water partition coefficient (Wildman–Crippen LogP) is 2.21. The highest BCUT2D eigenvalue weighted by atomic mass is 32.2. The van der Waals surface area contributed by atoms with Gasteiger partial charge in [0.1, 0.15) is 11.3 Å². The Labute approximate surface area is 111 Å². The van der Waals surface area contributed by atoms with Crippen LogP contribution in [0, 0.1) is 0 Å². The second-order valence-electron chi connectivity index (χ2n) is 4.32. The molecule has 0 spiro atoms. The first-order valence-corrected chi connectivity index (χ1v) is 6.99. The minimum Gasteiger partial charge on any atom is -0.494 e. The molecular formula is C13H17NO3S. The third-order valence-electron chi connectivity index (χ3n) is 3.10. The molecule has 1 aliphatic rings. The minimum atomic E-state index is -1.30. The average molecular weight is 267 g/mol. The number of hydrogen-bond acceptors (Lipinski definition) is 4. The fourth-order valence-corrected chi connectivity index (χ4v) is 3.20. The highest BCUT2D eigenvalue weighted by molar-refractivity contribution is 7.99. The van der Waals surface area contributed by atoms with E-state index in [1.54, 1.807) is 17.8 Å². The molecule has 1 unspecified atom stereocenters. The van der Waals surface area contributed by atoms with Gasteiger partial charge in [-0.25, -0.2) is 4.79 Å². The molecule has 0 amide bonds. The van der Waals surface area contributed by atoms with Gasteiger partial charge in [0.25, 0.3) is 0 Å². The molecule has 1 atom stereocenters. The molecule has 4 nitrogen and oxygen atoms in total. The van der Waals surface area contributed by atoms with E-state index >= 15 is 0 Å². The second-order valence-corrected chi connectivity index (χ2v) is 5.46. The topological polar surface area (TPSA) is 72.5 Å². The second kappa shape index (κ2) is 5.20. The minimum absolute atomic E-state index is 0.456. The summed E-state index contributed by atoms with van der Waals surface area (Å²) < 4.78 is 5.43. The van der Waals surface area contributed by atoms with Crippen LogP contribution in [0.5, 0.6) is 5.75 Å². The molecule has 3 N–H and O–H groups in total. The molecule has 0 radical (unpaired) electrons. The first-order chi connectivity index (χ1) is 8.58. The third kappa shape index (κ3) is 2.33. The van der Waals surface area contributed by atoms with Crippen molar-refractivity contribution in [1.82, 2.24) is 0 Å². The van der Waals surface area contributed by atoms with Crippen LogP contribution >= 0.6 is 11.8 Å². The van der Waals surface area contributed by atoms with E-state index in [9.17, 15) is 9.90 Å². The van der Waals surface area contributed by atoms with Gasteiger partial charge in [-0.1, -0.05) is 0 Å². The van der Waals surface area contributed by atoms with Crippen LogP contribution in [0.4, 0.5) is 0 Å². The van der Waals surface area contributed by atoms with Crippen molar-refractivity contribution in [3.8, 4) is 5.75 Å². The van der Waals surface area contributed by atoms with Crippen LogP contribution in [0.15, 0.2) is 23.1 Å². The van der Waals surface area contributed by atoms with Gasteiger partial charge in [0.2, 0.25) is 0 Å². The average Bonchev–Trinajstić information content (AvgIpc) is 2.51. The lowest BCUT2D eigenvalue weighted by Crippen LogP contribution is -2.44. The first-order valence-electron chi connectivity index (χ1n) is 6.00. The lowest BCUT2D eigenvalue weighted by molar-refractivity contribution is -0.144. The molecule has 1 aromatic carbocycles. The van der Waals surface area contributed by atoms with Crippen molar-refractivity contribution in [1.29, 1.82) is 0 Å². The van der Waals surface area contributed by atoms with E-state index in [1.807, 2.05) is 19.1 Å². The first kappa shape index (κ1) is 13.2. The summed E-state index contributed by atoms with van der Waals surface area (Å²) in [7, 11) is 0. The van der Waals surface area contributed by atoms with Gasteiger partial charge in [0, 0.05) is 10.5 Å². The summed E-state index contributed by atoms with van der Waals surface area (Å²) in [6.45, 7) is 2.45. The number of carboxylic acid groups (broad SMARTS) is 1. The van der Waals surface area contributed by atoms with Crippen LogP contribution < -0.4 is 10.5 Å². The number of carboxylic acids is 1.